The number of carbonyl (C=O) groups is 3. The maximum absolute atomic E-state index is 14.4. The second-order valence-electron chi connectivity index (χ2n) is 10.9. The lowest BCUT2D eigenvalue weighted by molar-refractivity contribution is -0.124. The number of carbonyl (C=O) groups excluding carboxylic acids is 3. The Morgan fingerprint density at radius 1 is 0.977 bits per heavy atom. The van der Waals surface area contributed by atoms with E-state index in [1.807, 2.05) is 12.1 Å². The van der Waals surface area contributed by atoms with Crippen molar-refractivity contribution in [1.82, 2.24) is 20.3 Å². The Morgan fingerprint density at radius 3 is 2.40 bits per heavy atom. The predicted molar refractivity (Wildman–Crippen MR) is 169 cm³/mol. The first-order valence-electron chi connectivity index (χ1n) is 14.2. The van der Waals surface area contributed by atoms with E-state index in [-0.39, 0.29) is 36.3 Å². The van der Waals surface area contributed by atoms with Crippen LogP contribution in [-0.4, -0.2) is 52.2 Å². The summed E-state index contributed by atoms with van der Waals surface area (Å²) >= 11 is 13.1. The van der Waals surface area contributed by atoms with Crippen LogP contribution in [0.15, 0.2) is 66.7 Å². The van der Waals surface area contributed by atoms with Gasteiger partial charge < -0.3 is 15.5 Å². The molecule has 0 saturated heterocycles. The molecule has 5 rings (SSSR count). The second kappa shape index (κ2) is 13.6. The molecule has 1 aliphatic heterocycles. The van der Waals surface area contributed by atoms with Gasteiger partial charge in [-0.1, -0.05) is 72.4 Å². The first-order valence-corrected chi connectivity index (χ1v) is 16.6. The zero-order chi connectivity index (χ0) is 30.7. The number of amides is 3. The van der Waals surface area contributed by atoms with E-state index in [9.17, 15) is 18.6 Å². The van der Waals surface area contributed by atoms with Crippen molar-refractivity contribution in [3.8, 4) is 0 Å². The highest BCUT2D eigenvalue weighted by atomic mass is 35.5. The van der Waals surface area contributed by atoms with E-state index in [1.54, 1.807) is 72.8 Å². The molecule has 11 heteroatoms. The van der Waals surface area contributed by atoms with Gasteiger partial charge in [0.1, 0.15) is 0 Å². The van der Waals surface area contributed by atoms with Crippen molar-refractivity contribution in [2.75, 3.05) is 13.3 Å². The monoisotopic (exact) mass is 640 g/mol. The SMILES string of the molecule is CNC(=O)c1ccc(CNC(=O)[C@@H]2c3ccccc3C(=O)N(C3CCCC[C@@H]3NS(C)=O)[C@H]2c2ccc(Cl)cc2Cl)cc1. The van der Waals surface area contributed by atoms with E-state index in [0.29, 0.717) is 38.7 Å². The first-order chi connectivity index (χ1) is 20.7. The molecule has 8 nitrogen and oxygen atoms in total. The van der Waals surface area contributed by atoms with Crippen molar-refractivity contribution >= 4 is 51.9 Å². The fourth-order valence-electron chi connectivity index (χ4n) is 6.28. The molecular formula is C32H34Cl2N4O4S. The molecule has 0 bridgehead atoms. The summed E-state index contributed by atoms with van der Waals surface area (Å²) in [4.78, 5) is 42.4. The minimum absolute atomic E-state index is 0.191. The summed E-state index contributed by atoms with van der Waals surface area (Å²) in [7, 11) is 0.282. The molecule has 3 aromatic rings. The van der Waals surface area contributed by atoms with Gasteiger partial charge in [0.15, 0.2) is 0 Å². The number of hydrogen-bond acceptors (Lipinski definition) is 4. The van der Waals surface area contributed by atoms with Crippen molar-refractivity contribution in [3.05, 3.63) is 105 Å². The minimum atomic E-state index is -1.29. The molecule has 1 aliphatic carbocycles. The van der Waals surface area contributed by atoms with Crippen molar-refractivity contribution in [3.63, 3.8) is 0 Å². The number of nitrogens with one attached hydrogen (secondary N) is 3. The topological polar surface area (TPSA) is 108 Å². The number of hydrogen-bond donors (Lipinski definition) is 3. The fourth-order valence-corrected chi connectivity index (χ4v) is 7.51. The van der Waals surface area contributed by atoms with E-state index in [1.165, 1.54) is 0 Å². The molecule has 43 heavy (non-hydrogen) atoms. The number of fused-ring (bicyclic) bond motifs is 1. The largest absolute Gasteiger partial charge is 0.355 e. The van der Waals surface area contributed by atoms with Gasteiger partial charge in [-0.05, 0) is 59.9 Å². The highest BCUT2D eigenvalue weighted by Crippen LogP contribution is 2.47. The van der Waals surface area contributed by atoms with Gasteiger partial charge in [0.25, 0.3) is 11.8 Å². The Hall–Kier alpha value is -3.24. The van der Waals surface area contributed by atoms with E-state index in [2.05, 4.69) is 15.4 Å². The summed E-state index contributed by atoms with van der Waals surface area (Å²) in [6, 6.07) is 18.1. The average molecular weight is 642 g/mol. The quantitative estimate of drug-likeness (QED) is 0.317. The van der Waals surface area contributed by atoms with Gasteiger partial charge in [-0.2, -0.15) is 0 Å². The Kier molecular flexibility index (Phi) is 9.86. The lowest BCUT2D eigenvalue weighted by Gasteiger charge is -2.49. The molecule has 0 spiro atoms. The number of nitrogens with zero attached hydrogens (tertiary/aromatic N) is 1. The maximum Gasteiger partial charge on any atom is 0.255 e. The smallest absolute Gasteiger partial charge is 0.255 e. The Morgan fingerprint density at radius 2 is 1.70 bits per heavy atom. The number of rotatable bonds is 8. The molecule has 226 valence electrons. The van der Waals surface area contributed by atoms with Crippen LogP contribution in [0, 0.1) is 0 Å². The van der Waals surface area contributed by atoms with Crippen LogP contribution < -0.4 is 15.4 Å². The molecule has 5 atom stereocenters. The van der Waals surface area contributed by atoms with Gasteiger partial charge in [-0.25, -0.2) is 8.93 Å². The van der Waals surface area contributed by atoms with Crippen LogP contribution >= 0.6 is 23.2 Å². The van der Waals surface area contributed by atoms with Crippen LogP contribution in [0.3, 0.4) is 0 Å². The molecule has 0 radical (unpaired) electrons. The molecule has 1 heterocycles. The van der Waals surface area contributed by atoms with Gasteiger partial charge in [-0.15, -0.1) is 0 Å². The van der Waals surface area contributed by atoms with Crippen LogP contribution in [0.1, 0.15) is 75.0 Å². The van der Waals surface area contributed by atoms with Gasteiger partial charge >= 0.3 is 0 Å². The van der Waals surface area contributed by atoms with Crippen molar-refractivity contribution in [2.45, 2.75) is 56.3 Å². The molecule has 2 aliphatic rings. The number of halogens is 2. The highest BCUT2D eigenvalue weighted by molar-refractivity contribution is 7.82. The van der Waals surface area contributed by atoms with Crippen LogP contribution in [0.25, 0.3) is 0 Å². The number of benzene rings is 3. The zero-order valence-corrected chi connectivity index (χ0v) is 26.3. The van der Waals surface area contributed by atoms with E-state index < -0.39 is 22.9 Å². The van der Waals surface area contributed by atoms with Crippen LogP contribution in [-0.2, 0) is 22.3 Å². The molecule has 1 fully saturated rings. The molecule has 3 amide bonds. The second-order valence-corrected chi connectivity index (χ2v) is 12.9. The molecule has 1 saturated carbocycles. The zero-order valence-electron chi connectivity index (χ0n) is 23.9. The molecular weight excluding hydrogens is 607 g/mol. The van der Waals surface area contributed by atoms with Gasteiger partial charge in [0, 0.05) is 53.1 Å². The normalized spacial score (nSPS) is 22.4. The van der Waals surface area contributed by atoms with Crippen molar-refractivity contribution in [1.29, 1.82) is 0 Å². The Labute approximate surface area is 264 Å². The van der Waals surface area contributed by atoms with E-state index >= 15 is 0 Å². The third kappa shape index (κ3) is 6.65. The molecule has 3 N–H and O–H groups in total. The first kappa shape index (κ1) is 31.2. The van der Waals surface area contributed by atoms with Gasteiger partial charge in [0.2, 0.25) is 5.91 Å². The van der Waals surface area contributed by atoms with Crippen LogP contribution in [0.2, 0.25) is 10.0 Å². The van der Waals surface area contributed by atoms with Crippen molar-refractivity contribution < 1.29 is 18.6 Å². The molecule has 0 aromatic heterocycles. The lowest BCUT2D eigenvalue weighted by atomic mass is 9.76. The average Bonchev–Trinajstić information content (AvgIpc) is 3.00. The third-order valence-corrected chi connectivity index (χ3v) is 9.45. The Bertz CT molecular complexity index is 1550. The molecule has 2 unspecified atom stereocenters. The summed E-state index contributed by atoms with van der Waals surface area (Å²) in [6.07, 6.45) is 4.87. The summed E-state index contributed by atoms with van der Waals surface area (Å²) in [6.45, 7) is 0.225. The predicted octanol–water partition coefficient (Wildman–Crippen LogP) is 5.14. The maximum atomic E-state index is 14.4. The summed E-state index contributed by atoms with van der Waals surface area (Å²) in [5.74, 6) is -1.44. The van der Waals surface area contributed by atoms with Gasteiger partial charge in [-0.3, -0.25) is 14.4 Å². The van der Waals surface area contributed by atoms with E-state index in [4.69, 9.17) is 23.2 Å². The Balaban J connectivity index is 1.57. The third-order valence-electron chi connectivity index (χ3n) is 8.25. The molecule has 3 aromatic carbocycles. The minimum Gasteiger partial charge on any atom is -0.355 e. The fraction of sp³-hybridized carbons (Fsp3) is 0.344. The summed E-state index contributed by atoms with van der Waals surface area (Å²) < 4.78 is 15.5. The van der Waals surface area contributed by atoms with Crippen molar-refractivity contribution in [2.24, 2.45) is 0 Å². The highest BCUT2D eigenvalue weighted by Gasteiger charge is 2.49. The van der Waals surface area contributed by atoms with Crippen LogP contribution in [0.5, 0.6) is 0 Å². The van der Waals surface area contributed by atoms with E-state index in [0.717, 1.165) is 24.8 Å². The standard InChI is InChI=1S/C32H34Cl2N4O4S/c1-35-30(39)20-13-11-19(12-14-20)18-36-31(40)28-22-7-3-4-8-23(22)32(41)38(27-10-6-5-9-26(27)37-43(2)42)29(28)24-16-15-21(33)17-25(24)34/h3-4,7-8,11-17,26-29,37H,5-6,9-10,18H2,1-2H3,(H,35,39)(H,36,40)/t26-,27?,28+,29-,43?/m0/s1. The van der Waals surface area contributed by atoms with Gasteiger partial charge in [0.05, 0.1) is 22.9 Å². The van der Waals surface area contributed by atoms with Crippen LogP contribution in [0.4, 0.5) is 0 Å². The lowest BCUT2D eigenvalue weighted by Crippen LogP contribution is -2.58. The summed E-state index contributed by atoms with van der Waals surface area (Å²) in [5.41, 5.74) is 3.04. The summed E-state index contributed by atoms with van der Waals surface area (Å²) in [5, 5.41) is 6.48.